The van der Waals surface area contributed by atoms with Gasteiger partial charge in [0.15, 0.2) is 0 Å². The van der Waals surface area contributed by atoms with Crippen molar-refractivity contribution in [1.82, 2.24) is 15.2 Å². The monoisotopic (exact) mass is 332 g/mol. The lowest BCUT2D eigenvalue weighted by Crippen LogP contribution is -2.46. The fourth-order valence-electron chi connectivity index (χ4n) is 1.89. The minimum Gasteiger partial charge on any atom is -0.378 e. The van der Waals surface area contributed by atoms with E-state index in [4.69, 9.17) is 4.74 Å². The molecule has 0 spiro atoms. The molecular weight excluding hydrogens is 317 g/mol. The van der Waals surface area contributed by atoms with Crippen LogP contribution in [-0.2, 0) is 15.7 Å². The SMILES string of the molecule is O=C(NCC(=O)N1CCOCC1)Nc1ccc(C(F)(F)F)nc1. The van der Waals surface area contributed by atoms with E-state index in [9.17, 15) is 22.8 Å². The minimum absolute atomic E-state index is 0.0920. The van der Waals surface area contributed by atoms with Gasteiger partial charge in [0.1, 0.15) is 5.69 Å². The quantitative estimate of drug-likeness (QED) is 0.868. The molecule has 0 aliphatic carbocycles. The molecule has 2 N–H and O–H groups in total. The lowest BCUT2D eigenvalue weighted by atomic mass is 10.3. The Kier molecular flexibility index (Phi) is 5.37. The van der Waals surface area contributed by atoms with Gasteiger partial charge in [-0.1, -0.05) is 0 Å². The van der Waals surface area contributed by atoms with Crippen LogP contribution in [0.25, 0.3) is 0 Å². The molecule has 0 unspecified atom stereocenters. The summed E-state index contributed by atoms with van der Waals surface area (Å²) in [5, 5.41) is 4.64. The number of anilines is 1. The van der Waals surface area contributed by atoms with Gasteiger partial charge in [-0.25, -0.2) is 9.78 Å². The number of alkyl halides is 3. The third-order valence-electron chi connectivity index (χ3n) is 3.08. The van der Waals surface area contributed by atoms with Crippen LogP contribution in [0.5, 0.6) is 0 Å². The standard InChI is InChI=1S/C13H15F3N4O3/c14-13(15,16)10-2-1-9(7-17-10)19-12(22)18-8-11(21)20-3-5-23-6-4-20/h1-2,7H,3-6,8H2,(H2,18,19,22). The van der Waals surface area contributed by atoms with Crippen LogP contribution in [0.4, 0.5) is 23.7 Å². The third-order valence-corrected chi connectivity index (χ3v) is 3.08. The Hall–Kier alpha value is -2.36. The fourth-order valence-corrected chi connectivity index (χ4v) is 1.89. The lowest BCUT2D eigenvalue weighted by molar-refractivity contribution is -0.141. The predicted molar refractivity (Wildman–Crippen MR) is 73.7 cm³/mol. The summed E-state index contributed by atoms with van der Waals surface area (Å²) in [6.07, 6.45) is -3.64. The highest BCUT2D eigenvalue weighted by atomic mass is 19.4. The van der Waals surface area contributed by atoms with Crippen molar-refractivity contribution in [3.8, 4) is 0 Å². The largest absolute Gasteiger partial charge is 0.433 e. The van der Waals surface area contributed by atoms with E-state index in [-0.39, 0.29) is 18.1 Å². The zero-order valence-corrected chi connectivity index (χ0v) is 12.0. The van der Waals surface area contributed by atoms with Crippen LogP contribution in [0.3, 0.4) is 0 Å². The zero-order valence-electron chi connectivity index (χ0n) is 12.0. The first-order valence-electron chi connectivity index (χ1n) is 6.80. The van der Waals surface area contributed by atoms with Crippen molar-refractivity contribution in [2.24, 2.45) is 0 Å². The topological polar surface area (TPSA) is 83.6 Å². The van der Waals surface area contributed by atoms with Gasteiger partial charge in [-0.2, -0.15) is 13.2 Å². The molecule has 1 aliphatic rings. The number of carbonyl (C=O) groups excluding carboxylic acids is 2. The number of hydrogen-bond acceptors (Lipinski definition) is 4. The van der Waals surface area contributed by atoms with Crippen molar-refractivity contribution in [3.63, 3.8) is 0 Å². The number of nitrogens with one attached hydrogen (secondary N) is 2. The summed E-state index contributed by atoms with van der Waals surface area (Å²) in [4.78, 5) is 28.2. The number of hydrogen-bond donors (Lipinski definition) is 2. The van der Waals surface area contributed by atoms with Gasteiger partial charge in [0, 0.05) is 13.1 Å². The van der Waals surface area contributed by atoms with Crippen LogP contribution >= 0.6 is 0 Å². The molecule has 0 radical (unpaired) electrons. The molecule has 1 saturated heterocycles. The van der Waals surface area contributed by atoms with Gasteiger partial charge in [-0.05, 0) is 12.1 Å². The van der Waals surface area contributed by atoms with Crippen molar-refractivity contribution >= 4 is 17.6 Å². The number of morpholine rings is 1. The molecule has 126 valence electrons. The summed E-state index contributed by atoms with van der Waals surface area (Å²) >= 11 is 0. The molecule has 1 aromatic heterocycles. The first-order chi connectivity index (χ1) is 10.9. The zero-order chi connectivity index (χ0) is 16.9. The molecule has 2 rings (SSSR count). The third kappa shape index (κ3) is 5.09. The average Bonchev–Trinajstić information content (AvgIpc) is 2.53. The Balaban J connectivity index is 1.79. The number of nitrogens with zero attached hydrogens (tertiary/aromatic N) is 2. The maximum atomic E-state index is 12.4. The van der Waals surface area contributed by atoms with Crippen LogP contribution in [0.15, 0.2) is 18.3 Å². The normalized spacial score (nSPS) is 15.2. The van der Waals surface area contributed by atoms with Crippen molar-refractivity contribution in [2.45, 2.75) is 6.18 Å². The molecule has 23 heavy (non-hydrogen) atoms. The van der Waals surface area contributed by atoms with Crippen LogP contribution < -0.4 is 10.6 Å². The molecule has 1 fully saturated rings. The van der Waals surface area contributed by atoms with Gasteiger partial charge in [-0.3, -0.25) is 4.79 Å². The number of carbonyl (C=O) groups is 2. The van der Waals surface area contributed by atoms with Crippen LogP contribution in [0.1, 0.15) is 5.69 Å². The number of urea groups is 1. The molecule has 7 nitrogen and oxygen atoms in total. The molecule has 2 heterocycles. The fraction of sp³-hybridized carbons (Fsp3) is 0.462. The van der Waals surface area contributed by atoms with Gasteiger partial charge in [0.05, 0.1) is 31.6 Å². The summed E-state index contributed by atoms with van der Waals surface area (Å²) in [6, 6.07) is 1.14. The predicted octanol–water partition coefficient (Wildman–Crippen LogP) is 1.08. The maximum absolute atomic E-state index is 12.4. The molecular formula is C13H15F3N4O3. The van der Waals surface area contributed by atoms with E-state index in [2.05, 4.69) is 15.6 Å². The van der Waals surface area contributed by atoms with E-state index in [0.29, 0.717) is 26.3 Å². The first kappa shape index (κ1) is 17.0. The Morgan fingerprint density at radius 2 is 1.96 bits per heavy atom. The highest BCUT2D eigenvalue weighted by molar-refractivity contribution is 5.92. The van der Waals surface area contributed by atoms with Gasteiger partial charge < -0.3 is 20.3 Å². The number of halogens is 3. The molecule has 0 atom stereocenters. The van der Waals surface area contributed by atoms with Gasteiger partial charge in [-0.15, -0.1) is 0 Å². The smallest absolute Gasteiger partial charge is 0.378 e. The van der Waals surface area contributed by atoms with Crippen molar-refractivity contribution in [1.29, 1.82) is 0 Å². The van der Waals surface area contributed by atoms with Crippen molar-refractivity contribution in [3.05, 3.63) is 24.0 Å². The van der Waals surface area contributed by atoms with Gasteiger partial charge in [0.25, 0.3) is 0 Å². The van der Waals surface area contributed by atoms with Crippen molar-refractivity contribution in [2.75, 3.05) is 38.2 Å². The summed E-state index contributed by atoms with van der Waals surface area (Å²) < 4.78 is 42.2. The second kappa shape index (κ2) is 7.27. The molecule has 1 aromatic rings. The van der Waals surface area contributed by atoms with Gasteiger partial charge >= 0.3 is 12.2 Å². The number of pyridine rings is 1. The highest BCUT2D eigenvalue weighted by Crippen LogP contribution is 2.27. The first-order valence-corrected chi connectivity index (χ1v) is 6.80. The minimum atomic E-state index is -4.54. The maximum Gasteiger partial charge on any atom is 0.433 e. The second-order valence-corrected chi connectivity index (χ2v) is 4.73. The van der Waals surface area contributed by atoms with E-state index >= 15 is 0 Å². The average molecular weight is 332 g/mol. The summed E-state index contributed by atoms with van der Waals surface area (Å²) in [5.41, 5.74) is -0.958. The highest BCUT2D eigenvalue weighted by Gasteiger charge is 2.32. The Labute approximate surface area is 129 Å². The number of ether oxygens (including phenoxy) is 1. The second-order valence-electron chi connectivity index (χ2n) is 4.73. The summed E-state index contributed by atoms with van der Waals surface area (Å²) in [6.45, 7) is 1.63. The van der Waals surface area contributed by atoms with E-state index in [1.807, 2.05) is 0 Å². The van der Waals surface area contributed by atoms with Crippen LogP contribution in [0.2, 0.25) is 0 Å². The molecule has 1 aliphatic heterocycles. The Bertz CT molecular complexity index is 557. The Morgan fingerprint density at radius 1 is 1.26 bits per heavy atom. The molecule has 0 bridgehead atoms. The molecule has 0 saturated carbocycles. The van der Waals surface area contributed by atoms with E-state index in [0.717, 1.165) is 18.3 Å². The number of aromatic nitrogens is 1. The lowest BCUT2D eigenvalue weighted by Gasteiger charge is -2.26. The van der Waals surface area contributed by atoms with Crippen LogP contribution in [-0.4, -0.2) is 54.7 Å². The number of rotatable bonds is 3. The van der Waals surface area contributed by atoms with E-state index < -0.39 is 17.9 Å². The summed E-state index contributed by atoms with van der Waals surface area (Å²) in [7, 11) is 0. The van der Waals surface area contributed by atoms with Gasteiger partial charge in [0.2, 0.25) is 5.91 Å². The van der Waals surface area contributed by atoms with E-state index in [1.165, 1.54) is 0 Å². The Morgan fingerprint density at radius 3 is 2.52 bits per heavy atom. The molecule has 3 amide bonds. The van der Waals surface area contributed by atoms with Crippen molar-refractivity contribution < 1.29 is 27.5 Å². The van der Waals surface area contributed by atoms with E-state index in [1.54, 1.807) is 4.90 Å². The molecule has 10 heteroatoms. The summed E-state index contributed by atoms with van der Waals surface area (Å²) in [5.74, 6) is -0.256. The number of amides is 3. The molecule has 0 aromatic carbocycles. The van der Waals surface area contributed by atoms with Crippen LogP contribution in [0, 0.1) is 0 Å².